The fraction of sp³-hybridized carbons (Fsp3) is 1.00. The number of rotatable bonds is 0. The van der Waals surface area contributed by atoms with Gasteiger partial charge >= 0.3 is 0 Å². The van der Waals surface area contributed by atoms with Crippen molar-refractivity contribution < 1.29 is 25.2 Å². The average molecular weight is 761 g/mol. The summed E-state index contributed by atoms with van der Waals surface area (Å²) in [5.41, 5.74) is 0. The number of hydrogen-bond donors (Lipinski definition) is 9. The van der Waals surface area contributed by atoms with Gasteiger partial charge in [-0.2, -0.15) is 0 Å². The molecule has 0 aromatic rings. The van der Waals surface area contributed by atoms with Crippen LogP contribution in [-0.4, -0.2) is 60.5 Å². The van der Waals surface area contributed by atoms with Gasteiger partial charge in [0, 0.05) is 26.0 Å². The average Bonchev–Trinajstić information content (AvgIpc) is 3.73. The molecule has 9 aliphatic rings. The van der Waals surface area contributed by atoms with Gasteiger partial charge in [-0.05, 0) is 92.8 Å². The maximum Gasteiger partial charge on any atom is 0.0653 e. The molecule has 9 rings (SSSR count). The van der Waals surface area contributed by atoms with E-state index in [1.807, 2.05) is 0 Å². The van der Waals surface area contributed by atoms with E-state index in [-0.39, 0.29) is 44.5 Å². The Morgan fingerprint density at radius 1 is 0.310 bits per heavy atom. The Bertz CT molecular complexity index is 959. The molecule has 9 fully saturated rings. The summed E-state index contributed by atoms with van der Waals surface area (Å²) in [5.74, 6) is 4.87. The zero-order valence-electron chi connectivity index (χ0n) is 25.2. The quantitative estimate of drug-likeness (QED) is 0.182. The fourth-order valence-electron chi connectivity index (χ4n) is 12.0. The molecule has 9 N–H and O–H groups in total. The third-order valence-corrected chi connectivity index (χ3v) is 13.9. The SMILES string of the molecule is OC1CCCC2C3NC4NC(NC5NC(NC6NC(NC(N3)C12)C1CCCCC61)C1CCCCC51)C1CCCCC41.[Ir]. The summed E-state index contributed by atoms with van der Waals surface area (Å²) >= 11 is 0. The molecule has 10 heteroatoms. The van der Waals surface area contributed by atoms with Crippen molar-refractivity contribution in [3.8, 4) is 0 Å². The second kappa shape index (κ2) is 12.1. The Morgan fingerprint density at radius 3 is 0.905 bits per heavy atom. The summed E-state index contributed by atoms with van der Waals surface area (Å²) in [6.45, 7) is 0. The number of aliphatic hydroxyl groups excluding tert-OH is 1. The Labute approximate surface area is 266 Å². The van der Waals surface area contributed by atoms with E-state index in [1.165, 1.54) is 83.5 Å². The van der Waals surface area contributed by atoms with Gasteiger partial charge in [0.25, 0.3) is 0 Å². The Hall–Kier alpha value is 0.289. The predicted octanol–water partition coefficient (Wildman–Crippen LogP) is 1.57. The predicted molar refractivity (Wildman–Crippen MR) is 159 cm³/mol. The monoisotopic (exact) mass is 761 g/mol. The second-order valence-electron chi connectivity index (χ2n) is 15.7. The van der Waals surface area contributed by atoms with Crippen molar-refractivity contribution >= 4 is 0 Å². The van der Waals surface area contributed by atoms with Gasteiger partial charge in [0.1, 0.15) is 0 Å². The van der Waals surface area contributed by atoms with Gasteiger partial charge in [0.05, 0.1) is 55.4 Å². The van der Waals surface area contributed by atoms with Crippen LogP contribution in [0.3, 0.4) is 0 Å². The van der Waals surface area contributed by atoms with Crippen LogP contribution in [0, 0.1) is 47.3 Å². The van der Waals surface area contributed by atoms with E-state index in [9.17, 15) is 5.11 Å². The molecule has 5 saturated heterocycles. The molecule has 0 aromatic carbocycles. The van der Waals surface area contributed by atoms with Crippen LogP contribution in [0.5, 0.6) is 0 Å². The standard InChI is InChI=1S/C32H56N8O.Ir/c41-23-15-7-14-22-24(23)32-39-30-21-13-6-5-12-20(21)28(37-30)35-26-17-9-2-1-8-16(17)25(33-26)34-27-18-10-3-4-11-19(18)29(36-27)38-31(22)40-32;/h16-41H,1-15H2;. The van der Waals surface area contributed by atoms with Gasteiger partial charge in [0.2, 0.25) is 0 Å². The van der Waals surface area contributed by atoms with E-state index in [0.717, 1.165) is 12.8 Å². The zero-order valence-corrected chi connectivity index (χ0v) is 27.6. The smallest absolute Gasteiger partial charge is 0.0653 e. The van der Waals surface area contributed by atoms with Gasteiger partial charge in [-0.3, -0.25) is 42.5 Å². The van der Waals surface area contributed by atoms with Crippen molar-refractivity contribution in [1.82, 2.24) is 42.5 Å². The molecule has 0 spiro atoms. The Kier molecular flexibility index (Phi) is 8.58. The molecule has 5 aliphatic heterocycles. The molecule has 8 bridgehead atoms. The zero-order chi connectivity index (χ0) is 27.1. The molecular weight excluding hydrogens is 705 g/mol. The maximum atomic E-state index is 11.4. The van der Waals surface area contributed by atoms with Crippen molar-refractivity contribution in [2.75, 3.05) is 0 Å². The number of hydrogen-bond acceptors (Lipinski definition) is 9. The van der Waals surface area contributed by atoms with Crippen molar-refractivity contribution in [2.45, 2.75) is 152 Å². The summed E-state index contributed by atoms with van der Waals surface area (Å²) < 4.78 is 0. The van der Waals surface area contributed by atoms with E-state index in [1.54, 1.807) is 0 Å². The van der Waals surface area contributed by atoms with E-state index < -0.39 is 0 Å². The molecule has 239 valence electrons. The van der Waals surface area contributed by atoms with Crippen LogP contribution in [0.25, 0.3) is 0 Å². The molecule has 1 radical (unpaired) electrons. The van der Waals surface area contributed by atoms with Crippen molar-refractivity contribution in [2.24, 2.45) is 47.3 Å². The number of fused-ring (bicyclic) bond motifs is 20. The van der Waals surface area contributed by atoms with Crippen LogP contribution in [0.15, 0.2) is 0 Å². The maximum absolute atomic E-state index is 11.4. The third-order valence-electron chi connectivity index (χ3n) is 13.9. The first-order chi connectivity index (χ1) is 20.2. The Balaban J connectivity index is 0.00000267. The van der Waals surface area contributed by atoms with Crippen LogP contribution in [-0.2, 0) is 20.1 Å². The molecule has 17 unspecified atom stereocenters. The van der Waals surface area contributed by atoms with Crippen LogP contribution < -0.4 is 42.5 Å². The van der Waals surface area contributed by atoms with Crippen LogP contribution in [0.4, 0.5) is 0 Å². The molecule has 5 heterocycles. The van der Waals surface area contributed by atoms with Gasteiger partial charge in [-0.1, -0.05) is 44.9 Å². The molecule has 0 aromatic heterocycles. The Morgan fingerprint density at radius 2 is 0.571 bits per heavy atom. The number of aliphatic hydroxyl groups is 1. The molecule has 9 nitrogen and oxygen atoms in total. The van der Waals surface area contributed by atoms with E-state index in [2.05, 4.69) is 42.5 Å². The van der Waals surface area contributed by atoms with Crippen LogP contribution in [0.1, 0.15) is 96.3 Å². The summed E-state index contributed by atoms with van der Waals surface area (Å²) in [6, 6.07) is 0. The molecule has 17 atom stereocenters. The van der Waals surface area contributed by atoms with Crippen LogP contribution >= 0.6 is 0 Å². The fourth-order valence-corrected chi connectivity index (χ4v) is 12.0. The minimum atomic E-state index is -0.221. The van der Waals surface area contributed by atoms with E-state index in [0.29, 0.717) is 78.4 Å². The van der Waals surface area contributed by atoms with E-state index in [4.69, 9.17) is 0 Å². The summed E-state index contributed by atoms with van der Waals surface area (Å²) in [5, 5.41) is 44.6. The van der Waals surface area contributed by atoms with Gasteiger partial charge in [-0.15, -0.1) is 0 Å². The summed E-state index contributed by atoms with van der Waals surface area (Å²) in [7, 11) is 0. The summed E-state index contributed by atoms with van der Waals surface area (Å²) in [4.78, 5) is 0. The first-order valence-electron chi connectivity index (χ1n) is 18.0. The first-order valence-corrected chi connectivity index (χ1v) is 18.0. The van der Waals surface area contributed by atoms with Crippen molar-refractivity contribution in [3.05, 3.63) is 0 Å². The van der Waals surface area contributed by atoms with Gasteiger partial charge < -0.3 is 5.11 Å². The third kappa shape index (κ3) is 5.02. The summed E-state index contributed by atoms with van der Waals surface area (Å²) in [6.07, 6.45) is 21.7. The van der Waals surface area contributed by atoms with Crippen LogP contribution in [0.2, 0.25) is 0 Å². The van der Waals surface area contributed by atoms with Gasteiger partial charge in [-0.25, -0.2) is 0 Å². The minimum absolute atomic E-state index is 0. The van der Waals surface area contributed by atoms with Gasteiger partial charge in [0.15, 0.2) is 0 Å². The first kappa shape index (κ1) is 29.7. The molecule has 42 heavy (non-hydrogen) atoms. The molecule has 0 amide bonds. The topological polar surface area (TPSA) is 116 Å². The number of nitrogens with one attached hydrogen (secondary N) is 8. The molecular formula is C32H56IrN8O. The van der Waals surface area contributed by atoms with Crippen molar-refractivity contribution in [3.63, 3.8) is 0 Å². The molecule has 4 aliphatic carbocycles. The van der Waals surface area contributed by atoms with E-state index >= 15 is 0 Å². The van der Waals surface area contributed by atoms with Crippen molar-refractivity contribution in [1.29, 1.82) is 0 Å². The second-order valence-corrected chi connectivity index (χ2v) is 15.7. The molecule has 4 saturated carbocycles. The minimum Gasteiger partial charge on any atom is -0.393 e. The largest absolute Gasteiger partial charge is 0.393 e. The normalized spacial score (nSPS) is 56.9.